The lowest BCUT2D eigenvalue weighted by Crippen LogP contribution is -2.35. The SMILES string of the molecule is O=C(Cn1ncc(N2CCCCC2)cc1=O)NCc1nnc(-c2ccccc2)o1. The molecule has 1 fully saturated rings. The molecule has 1 aliphatic rings. The van der Waals surface area contributed by atoms with Gasteiger partial charge in [0.25, 0.3) is 5.56 Å². The van der Waals surface area contributed by atoms with Crippen LogP contribution in [0.1, 0.15) is 25.2 Å². The summed E-state index contributed by atoms with van der Waals surface area (Å²) in [6.45, 7) is 1.78. The van der Waals surface area contributed by atoms with Crippen LogP contribution in [-0.4, -0.2) is 39.0 Å². The van der Waals surface area contributed by atoms with Crippen molar-refractivity contribution >= 4 is 11.6 Å². The summed E-state index contributed by atoms with van der Waals surface area (Å²) in [5.41, 5.74) is 1.32. The second-order valence-corrected chi connectivity index (χ2v) is 6.90. The highest BCUT2D eigenvalue weighted by Crippen LogP contribution is 2.17. The van der Waals surface area contributed by atoms with E-state index in [-0.39, 0.29) is 30.4 Å². The van der Waals surface area contributed by atoms with Crippen molar-refractivity contribution in [3.63, 3.8) is 0 Å². The summed E-state index contributed by atoms with van der Waals surface area (Å²) in [5.74, 6) is 0.323. The predicted octanol–water partition coefficient (Wildman–Crippen LogP) is 1.60. The van der Waals surface area contributed by atoms with E-state index in [1.54, 1.807) is 6.20 Å². The molecule has 3 aromatic rings. The summed E-state index contributed by atoms with van der Waals surface area (Å²) in [5, 5.41) is 14.7. The Morgan fingerprint density at radius 3 is 2.66 bits per heavy atom. The number of nitrogens with one attached hydrogen (secondary N) is 1. The third kappa shape index (κ3) is 4.68. The van der Waals surface area contributed by atoms with E-state index in [0.717, 1.165) is 41.9 Å². The van der Waals surface area contributed by atoms with Gasteiger partial charge in [0.1, 0.15) is 6.54 Å². The van der Waals surface area contributed by atoms with E-state index in [0.29, 0.717) is 5.89 Å². The molecule has 1 aliphatic heterocycles. The fourth-order valence-corrected chi connectivity index (χ4v) is 3.26. The standard InChI is InChI=1S/C20H22N6O3/c27-17(21-13-18-23-24-20(29-18)15-7-3-1-4-8-15)14-26-19(28)11-16(12-22-26)25-9-5-2-6-10-25/h1,3-4,7-8,11-12H,2,5-6,9-10,13-14H2,(H,21,27). The average molecular weight is 394 g/mol. The van der Waals surface area contributed by atoms with Crippen LogP contribution in [0.3, 0.4) is 0 Å². The molecule has 3 heterocycles. The topological polar surface area (TPSA) is 106 Å². The molecular weight excluding hydrogens is 372 g/mol. The second-order valence-electron chi connectivity index (χ2n) is 6.90. The van der Waals surface area contributed by atoms with Crippen LogP contribution in [0, 0.1) is 0 Å². The van der Waals surface area contributed by atoms with E-state index in [1.165, 1.54) is 12.5 Å². The zero-order chi connectivity index (χ0) is 20.1. The number of rotatable bonds is 6. The van der Waals surface area contributed by atoms with Crippen molar-refractivity contribution in [2.24, 2.45) is 0 Å². The van der Waals surface area contributed by atoms with Gasteiger partial charge in [0, 0.05) is 24.7 Å². The van der Waals surface area contributed by atoms with Crippen LogP contribution in [0.5, 0.6) is 0 Å². The van der Waals surface area contributed by atoms with Crippen molar-refractivity contribution in [2.75, 3.05) is 18.0 Å². The summed E-state index contributed by atoms with van der Waals surface area (Å²) in [6.07, 6.45) is 5.10. The minimum atomic E-state index is -0.357. The van der Waals surface area contributed by atoms with Crippen molar-refractivity contribution in [3.8, 4) is 11.5 Å². The number of hydrogen-bond acceptors (Lipinski definition) is 7. The molecule has 0 atom stereocenters. The number of hydrogen-bond donors (Lipinski definition) is 1. The van der Waals surface area contributed by atoms with Gasteiger partial charge in [-0.2, -0.15) is 5.10 Å². The van der Waals surface area contributed by atoms with Crippen molar-refractivity contribution in [2.45, 2.75) is 32.4 Å². The summed E-state index contributed by atoms with van der Waals surface area (Å²) < 4.78 is 6.70. The van der Waals surface area contributed by atoms with E-state index in [9.17, 15) is 9.59 Å². The molecule has 150 valence electrons. The first-order chi connectivity index (χ1) is 14.2. The molecule has 0 radical (unpaired) electrons. The Labute approximate surface area is 167 Å². The van der Waals surface area contributed by atoms with E-state index < -0.39 is 0 Å². The number of anilines is 1. The Morgan fingerprint density at radius 1 is 1.10 bits per heavy atom. The molecule has 1 amide bonds. The van der Waals surface area contributed by atoms with Crippen LogP contribution in [0.2, 0.25) is 0 Å². The summed E-state index contributed by atoms with van der Waals surface area (Å²) in [4.78, 5) is 26.7. The molecule has 2 aromatic heterocycles. The molecule has 0 aliphatic carbocycles. The molecule has 29 heavy (non-hydrogen) atoms. The molecule has 0 bridgehead atoms. The summed E-state index contributed by atoms with van der Waals surface area (Å²) in [6, 6.07) is 10.9. The Morgan fingerprint density at radius 2 is 1.90 bits per heavy atom. The van der Waals surface area contributed by atoms with E-state index in [1.807, 2.05) is 30.3 Å². The van der Waals surface area contributed by atoms with Gasteiger partial charge in [-0.15, -0.1) is 10.2 Å². The second kappa shape index (κ2) is 8.68. The number of carbonyl (C=O) groups excluding carboxylic acids is 1. The van der Waals surface area contributed by atoms with Crippen molar-refractivity contribution in [3.05, 3.63) is 58.8 Å². The predicted molar refractivity (Wildman–Crippen MR) is 106 cm³/mol. The number of carbonyl (C=O) groups is 1. The average Bonchev–Trinajstić information content (AvgIpc) is 3.24. The summed E-state index contributed by atoms with van der Waals surface area (Å²) >= 11 is 0. The van der Waals surface area contributed by atoms with E-state index in [4.69, 9.17) is 4.42 Å². The fraction of sp³-hybridized carbons (Fsp3) is 0.350. The Hall–Kier alpha value is -3.49. The van der Waals surface area contributed by atoms with Gasteiger partial charge in [-0.25, -0.2) is 4.68 Å². The quantitative estimate of drug-likeness (QED) is 0.677. The van der Waals surface area contributed by atoms with Gasteiger partial charge in [0.05, 0.1) is 18.4 Å². The smallest absolute Gasteiger partial charge is 0.269 e. The molecule has 9 nitrogen and oxygen atoms in total. The van der Waals surface area contributed by atoms with Gasteiger partial charge in [-0.05, 0) is 31.4 Å². The first-order valence-corrected chi connectivity index (χ1v) is 9.66. The maximum atomic E-state index is 12.3. The van der Waals surface area contributed by atoms with Gasteiger partial charge in [-0.1, -0.05) is 18.2 Å². The largest absolute Gasteiger partial charge is 0.419 e. The summed E-state index contributed by atoms with van der Waals surface area (Å²) in [7, 11) is 0. The number of benzene rings is 1. The number of amides is 1. The zero-order valence-electron chi connectivity index (χ0n) is 16.0. The van der Waals surface area contributed by atoms with Gasteiger partial charge in [0.15, 0.2) is 0 Å². The van der Waals surface area contributed by atoms with E-state index >= 15 is 0 Å². The van der Waals surface area contributed by atoms with E-state index in [2.05, 4.69) is 25.5 Å². The Kier molecular flexibility index (Phi) is 5.64. The molecule has 0 saturated carbocycles. The maximum Gasteiger partial charge on any atom is 0.269 e. The highest BCUT2D eigenvalue weighted by Gasteiger charge is 2.14. The van der Waals surface area contributed by atoms with Crippen LogP contribution in [0.4, 0.5) is 5.69 Å². The van der Waals surface area contributed by atoms with Gasteiger partial charge in [0.2, 0.25) is 17.7 Å². The van der Waals surface area contributed by atoms with Crippen LogP contribution in [0.25, 0.3) is 11.5 Å². The molecule has 1 N–H and O–H groups in total. The normalized spacial score (nSPS) is 14.0. The molecule has 4 rings (SSSR count). The lowest BCUT2D eigenvalue weighted by Gasteiger charge is -2.28. The minimum absolute atomic E-state index is 0.0826. The highest BCUT2D eigenvalue weighted by molar-refractivity contribution is 5.75. The Bertz CT molecular complexity index is 1020. The van der Waals surface area contributed by atoms with Crippen molar-refractivity contribution < 1.29 is 9.21 Å². The van der Waals surface area contributed by atoms with Gasteiger partial charge in [-0.3, -0.25) is 9.59 Å². The van der Waals surface area contributed by atoms with Crippen LogP contribution < -0.4 is 15.8 Å². The lowest BCUT2D eigenvalue weighted by molar-refractivity contribution is -0.122. The zero-order valence-corrected chi connectivity index (χ0v) is 16.0. The van der Waals surface area contributed by atoms with Crippen molar-refractivity contribution in [1.29, 1.82) is 0 Å². The first kappa shape index (κ1) is 18.9. The number of aromatic nitrogens is 4. The molecule has 1 aromatic carbocycles. The first-order valence-electron chi connectivity index (χ1n) is 9.66. The molecule has 1 saturated heterocycles. The third-order valence-electron chi connectivity index (χ3n) is 4.79. The fourth-order valence-electron chi connectivity index (χ4n) is 3.26. The lowest BCUT2D eigenvalue weighted by atomic mass is 10.1. The molecule has 0 unspecified atom stereocenters. The Balaban J connectivity index is 1.33. The molecular formula is C20H22N6O3. The van der Waals surface area contributed by atoms with Crippen LogP contribution >= 0.6 is 0 Å². The van der Waals surface area contributed by atoms with Crippen LogP contribution in [0.15, 0.2) is 51.8 Å². The third-order valence-corrected chi connectivity index (χ3v) is 4.79. The number of nitrogens with zero attached hydrogens (tertiary/aromatic N) is 5. The molecule has 0 spiro atoms. The molecule has 9 heteroatoms. The van der Waals surface area contributed by atoms with Gasteiger partial charge < -0.3 is 14.6 Å². The highest BCUT2D eigenvalue weighted by atomic mass is 16.4. The maximum absolute atomic E-state index is 12.3. The van der Waals surface area contributed by atoms with Crippen molar-refractivity contribution in [1.82, 2.24) is 25.3 Å². The van der Waals surface area contributed by atoms with Crippen LogP contribution in [-0.2, 0) is 17.9 Å². The minimum Gasteiger partial charge on any atom is -0.419 e. The number of piperidine rings is 1. The van der Waals surface area contributed by atoms with Gasteiger partial charge >= 0.3 is 0 Å². The monoisotopic (exact) mass is 394 g/mol.